The van der Waals surface area contributed by atoms with Crippen molar-refractivity contribution in [3.05, 3.63) is 35.4 Å². The lowest BCUT2D eigenvalue weighted by Crippen LogP contribution is -2.33. The summed E-state index contributed by atoms with van der Waals surface area (Å²) in [5.41, 5.74) is 0.860. The van der Waals surface area contributed by atoms with Crippen molar-refractivity contribution in [3.8, 4) is 0 Å². The summed E-state index contributed by atoms with van der Waals surface area (Å²) in [4.78, 5) is 11.4. The molecule has 0 bridgehead atoms. The van der Waals surface area contributed by atoms with Crippen LogP contribution in [0.2, 0.25) is 0 Å². The fourth-order valence-electron chi connectivity index (χ4n) is 1.77. The van der Waals surface area contributed by atoms with E-state index >= 15 is 0 Å². The fourth-order valence-corrected chi connectivity index (χ4v) is 2.90. The number of sulfonamides is 1. The fraction of sp³-hybridized carbons (Fsp3) is 0.500. The number of nitrogens with one attached hydrogen (secondary N) is 2. The monoisotopic (exact) mass is 330 g/mol. The molecular formula is C14H22N2O5S. The first-order chi connectivity index (χ1) is 10.5. The van der Waals surface area contributed by atoms with E-state index in [1.54, 1.807) is 25.3 Å². The Labute approximate surface area is 131 Å². The van der Waals surface area contributed by atoms with Gasteiger partial charge in [0, 0.05) is 26.7 Å². The van der Waals surface area contributed by atoms with Gasteiger partial charge in [0.15, 0.2) is 0 Å². The predicted molar refractivity (Wildman–Crippen MR) is 83.2 cm³/mol. The molecule has 22 heavy (non-hydrogen) atoms. The Morgan fingerprint density at radius 1 is 1.18 bits per heavy atom. The highest BCUT2D eigenvalue weighted by molar-refractivity contribution is 7.88. The van der Waals surface area contributed by atoms with Gasteiger partial charge in [-0.05, 0) is 17.7 Å². The summed E-state index contributed by atoms with van der Waals surface area (Å²) in [6, 6.07) is 6.38. The van der Waals surface area contributed by atoms with Crippen LogP contribution in [-0.2, 0) is 25.2 Å². The number of esters is 1. The van der Waals surface area contributed by atoms with Gasteiger partial charge < -0.3 is 14.8 Å². The van der Waals surface area contributed by atoms with Gasteiger partial charge in [0.2, 0.25) is 10.0 Å². The van der Waals surface area contributed by atoms with Crippen LogP contribution in [0, 0.1) is 0 Å². The van der Waals surface area contributed by atoms with Crippen LogP contribution in [0.3, 0.4) is 0 Å². The zero-order valence-corrected chi connectivity index (χ0v) is 13.6. The third-order valence-electron chi connectivity index (χ3n) is 2.81. The van der Waals surface area contributed by atoms with Crippen molar-refractivity contribution in [2.45, 2.75) is 5.75 Å². The minimum absolute atomic E-state index is 0.185. The minimum atomic E-state index is -3.45. The second-order valence-electron chi connectivity index (χ2n) is 4.59. The van der Waals surface area contributed by atoms with Crippen LogP contribution in [0.5, 0.6) is 0 Å². The summed E-state index contributed by atoms with van der Waals surface area (Å²) in [6.07, 6.45) is 0. The molecule has 0 saturated heterocycles. The number of hydrogen-bond acceptors (Lipinski definition) is 6. The van der Waals surface area contributed by atoms with Crippen molar-refractivity contribution < 1.29 is 22.7 Å². The first-order valence-electron chi connectivity index (χ1n) is 6.83. The topological polar surface area (TPSA) is 93.7 Å². The molecule has 0 saturated carbocycles. The van der Waals surface area contributed by atoms with E-state index < -0.39 is 16.0 Å². The Morgan fingerprint density at radius 2 is 1.95 bits per heavy atom. The lowest BCUT2D eigenvalue weighted by Gasteiger charge is -2.08. The Morgan fingerprint density at radius 3 is 2.64 bits per heavy atom. The van der Waals surface area contributed by atoms with E-state index in [2.05, 4.69) is 14.8 Å². The van der Waals surface area contributed by atoms with E-state index in [1.807, 2.05) is 0 Å². The molecule has 1 rings (SSSR count). The van der Waals surface area contributed by atoms with Crippen molar-refractivity contribution in [2.24, 2.45) is 0 Å². The molecule has 8 heteroatoms. The lowest BCUT2D eigenvalue weighted by atomic mass is 10.1. The molecule has 0 aromatic heterocycles. The van der Waals surface area contributed by atoms with Crippen molar-refractivity contribution in [2.75, 3.05) is 40.5 Å². The molecule has 0 amide bonds. The van der Waals surface area contributed by atoms with Crippen LogP contribution in [-0.4, -0.2) is 54.8 Å². The summed E-state index contributed by atoms with van der Waals surface area (Å²) in [5.74, 6) is -0.676. The number of carbonyl (C=O) groups excluding carboxylic acids is 1. The highest BCUT2D eigenvalue weighted by Gasteiger charge is 2.13. The van der Waals surface area contributed by atoms with Gasteiger partial charge in [0.25, 0.3) is 0 Å². The van der Waals surface area contributed by atoms with Crippen LogP contribution in [0.1, 0.15) is 15.9 Å². The van der Waals surface area contributed by atoms with E-state index in [4.69, 9.17) is 4.74 Å². The molecule has 0 spiro atoms. The molecule has 1 aromatic carbocycles. The molecule has 0 radical (unpaired) electrons. The van der Waals surface area contributed by atoms with Crippen molar-refractivity contribution in [3.63, 3.8) is 0 Å². The van der Waals surface area contributed by atoms with Crippen LogP contribution < -0.4 is 10.0 Å². The van der Waals surface area contributed by atoms with E-state index in [0.717, 1.165) is 0 Å². The van der Waals surface area contributed by atoms with Crippen molar-refractivity contribution >= 4 is 16.0 Å². The minimum Gasteiger partial charge on any atom is -0.465 e. The molecule has 124 valence electrons. The first kappa shape index (κ1) is 18.6. The Bertz CT molecular complexity index is 574. The largest absolute Gasteiger partial charge is 0.465 e. The molecule has 0 atom stereocenters. The van der Waals surface area contributed by atoms with Crippen LogP contribution in [0.25, 0.3) is 0 Å². The van der Waals surface area contributed by atoms with Gasteiger partial charge in [-0.25, -0.2) is 17.9 Å². The second kappa shape index (κ2) is 9.52. The lowest BCUT2D eigenvalue weighted by molar-refractivity contribution is 0.0600. The Kier molecular flexibility index (Phi) is 8.03. The third-order valence-corrected chi connectivity index (χ3v) is 4.17. The van der Waals surface area contributed by atoms with E-state index in [1.165, 1.54) is 13.2 Å². The maximum Gasteiger partial charge on any atom is 0.337 e. The molecule has 7 nitrogen and oxygen atoms in total. The van der Waals surface area contributed by atoms with Crippen LogP contribution in [0.4, 0.5) is 0 Å². The maximum absolute atomic E-state index is 12.0. The highest BCUT2D eigenvalue weighted by Crippen LogP contribution is 2.09. The second-order valence-corrected chi connectivity index (χ2v) is 6.40. The van der Waals surface area contributed by atoms with Crippen molar-refractivity contribution in [1.29, 1.82) is 0 Å². The molecule has 0 aliphatic carbocycles. The number of hydrogen-bond donors (Lipinski definition) is 2. The van der Waals surface area contributed by atoms with Gasteiger partial charge in [-0.1, -0.05) is 12.1 Å². The molecule has 0 unspecified atom stereocenters. The summed E-state index contributed by atoms with van der Waals surface area (Å²) in [7, 11) is -0.564. The van der Waals surface area contributed by atoms with Crippen LogP contribution >= 0.6 is 0 Å². The smallest absolute Gasteiger partial charge is 0.337 e. The van der Waals surface area contributed by atoms with E-state index in [9.17, 15) is 13.2 Å². The van der Waals surface area contributed by atoms with Gasteiger partial charge in [-0.2, -0.15) is 0 Å². The maximum atomic E-state index is 12.0. The third kappa shape index (κ3) is 6.99. The summed E-state index contributed by atoms with van der Waals surface area (Å²) >= 11 is 0. The molecule has 2 N–H and O–H groups in total. The van der Waals surface area contributed by atoms with Gasteiger partial charge >= 0.3 is 5.97 Å². The normalized spacial score (nSPS) is 11.4. The molecular weight excluding hydrogens is 308 g/mol. The average Bonchev–Trinajstić information content (AvgIpc) is 2.49. The number of methoxy groups -OCH3 is 2. The Hall–Kier alpha value is -1.48. The quantitative estimate of drug-likeness (QED) is 0.468. The first-order valence-corrected chi connectivity index (χ1v) is 8.48. The number of benzene rings is 1. The molecule has 0 aliphatic rings. The van der Waals surface area contributed by atoms with E-state index in [-0.39, 0.29) is 5.75 Å². The van der Waals surface area contributed by atoms with Crippen LogP contribution in [0.15, 0.2) is 24.3 Å². The Balaban J connectivity index is 2.49. The van der Waals surface area contributed by atoms with Crippen molar-refractivity contribution in [1.82, 2.24) is 10.0 Å². The van der Waals surface area contributed by atoms with Gasteiger partial charge in [-0.3, -0.25) is 0 Å². The molecule has 0 fully saturated rings. The zero-order chi connectivity index (χ0) is 16.4. The highest BCUT2D eigenvalue weighted by atomic mass is 32.2. The summed E-state index contributed by atoms with van der Waals surface area (Å²) in [5, 5.41) is 3.04. The van der Waals surface area contributed by atoms with E-state index in [0.29, 0.717) is 37.4 Å². The predicted octanol–water partition coefficient (Wildman–Crippen LogP) is 0.129. The summed E-state index contributed by atoms with van der Waals surface area (Å²) in [6.45, 7) is 2.06. The zero-order valence-electron chi connectivity index (χ0n) is 12.8. The molecule has 0 aliphatic heterocycles. The average molecular weight is 330 g/mol. The molecule has 1 aromatic rings. The summed E-state index contributed by atoms with van der Waals surface area (Å²) < 4.78 is 35.9. The SMILES string of the molecule is COCCNCCNS(=O)(=O)Cc1cccc(C(=O)OC)c1. The molecule has 0 heterocycles. The number of ether oxygens (including phenoxy) is 2. The van der Waals surface area contributed by atoms with Gasteiger partial charge in [-0.15, -0.1) is 0 Å². The number of carbonyl (C=O) groups is 1. The van der Waals surface area contributed by atoms with Gasteiger partial charge in [0.1, 0.15) is 0 Å². The number of rotatable bonds is 10. The standard InChI is InChI=1S/C14H22N2O5S/c1-20-9-8-15-6-7-16-22(18,19)11-12-4-3-5-13(10-12)14(17)21-2/h3-5,10,15-16H,6-9,11H2,1-2H3. The van der Waals surface area contributed by atoms with Gasteiger partial charge in [0.05, 0.1) is 25.0 Å².